The van der Waals surface area contributed by atoms with E-state index in [1.54, 1.807) is 7.05 Å². The molecule has 1 aromatic rings. The highest BCUT2D eigenvalue weighted by molar-refractivity contribution is 5.79. The number of guanidine groups is 1. The zero-order chi connectivity index (χ0) is 16.3. The average Bonchev–Trinajstić information content (AvgIpc) is 2.84. The summed E-state index contributed by atoms with van der Waals surface area (Å²) in [6, 6.07) is 4.03. The number of nitrogens with zero attached hydrogens (tertiary/aromatic N) is 2. The Morgan fingerprint density at radius 3 is 2.74 bits per heavy atom. The Kier molecular flexibility index (Phi) is 7.87. The van der Waals surface area contributed by atoms with Gasteiger partial charge in [0.2, 0.25) is 0 Å². The standard InChI is InChI=1S/C18H30N4O/c1-15-8-7-11-20-17(15)14-22-18(19-2)21-12-13-23-16-9-5-3-4-6-10-16/h7-8,11,16H,3-6,9-10,12-14H2,1-2H3,(H2,19,21,22). The van der Waals surface area contributed by atoms with Crippen LogP contribution in [0, 0.1) is 6.92 Å². The Morgan fingerprint density at radius 2 is 2.04 bits per heavy atom. The molecule has 1 aromatic heterocycles. The molecule has 1 aliphatic rings. The lowest BCUT2D eigenvalue weighted by Crippen LogP contribution is -2.39. The molecule has 1 fully saturated rings. The summed E-state index contributed by atoms with van der Waals surface area (Å²) in [6.45, 7) is 4.25. The molecule has 1 aliphatic carbocycles. The lowest BCUT2D eigenvalue weighted by atomic mass is 10.1. The van der Waals surface area contributed by atoms with Crippen LogP contribution < -0.4 is 10.6 Å². The number of hydrogen-bond acceptors (Lipinski definition) is 3. The Morgan fingerprint density at radius 1 is 1.26 bits per heavy atom. The Labute approximate surface area is 139 Å². The highest BCUT2D eigenvalue weighted by atomic mass is 16.5. The van der Waals surface area contributed by atoms with Crippen molar-refractivity contribution in [2.45, 2.75) is 58.1 Å². The summed E-state index contributed by atoms with van der Waals surface area (Å²) < 4.78 is 5.98. The van der Waals surface area contributed by atoms with E-state index in [4.69, 9.17) is 4.74 Å². The molecule has 5 heteroatoms. The van der Waals surface area contributed by atoms with Crippen LogP contribution >= 0.6 is 0 Å². The van der Waals surface area contributed by atoms with E-state index in [0.717, 1.165) is 24.8 Å². The van der Waals surface area contributed by atoms with Crippen molar-refractivity contribution >= 4 is 5.96 Å². The third-order valence-corrected chi connectivity index (χ3v) is 4.32. The molecule has 5 nitrogen and oxygen atoms in total. The topological polar surface area (TPSA) is 58.5 Å². The van der Waals surface area contributed by atoms with Gasteiger partial charge in [-0.1, -0.05) is 31.7 Å². The number of aromatic nitrogens is 1. The van der Waals surface area contributed by atoms with Crippen molar-refractivity contribution in [2.75, 3.05) is 20.2 Å². The second-order valence-corrected chi connectivity index (χ2v) is 6.10. The van der Waals surface area contributed by atoms with Crippen molar-refractivity contribution in [1.29, 1.82) is 0 Å². The molecule has 0 saturated heterocycles. The van der Waals surface area contributed by atoms with E-state index in [9.17, 15) is 0 Å². The van der Waals surface area contributed by atoms with Gasteiger partial charge in [-0.3, -0.25) is 9.98 Å². The van der Waals surface area contributed by atoms with Gasteiger partial charge in [0, 0.05) is 19.8 Å². The van der Waals surface area contributed by atoms with Crippen molar-refractivity contribution < 1.29 is 4.74 Å². The second-order valence-electron chi connectivity index (χ2n) is 6.10. The third kappa shape index (κ3) is 6.57. The predicted molar refractivity (Wildman–Crippen MR) is 94.6 cm³/mol. The maximum atomic E-state index is 5.98. The predicted octanol–water partition coefficient (Wildman–Crippen LogP) is 2.79. The fraction of sp³-hybridized carbons (Fsp3) is 0.667. The number of rotatable bonds is 6. The van der Waals surface area contributed by atoms with Gasteiger partial charge in [0.1, 0.15) is 0 Å². The Balaban J connectivity index is 1.64. The van der Waals surface area contributed by atoms with Crippen LogP contribution in [-0.2, 0) is 11.3 Å². The molecule has 0 radical (unpaired) electrons. The highest BCUT2D eigenvalue weighted by Crippen LogP contribution is 2.19. The fourth-order valence-corrected chi connectivity index (χ4v) is 2.90. The minimum Gasteiger partial charge on any atom is -0.376 e. The SMILES string of the molecule is CN=C(NCCOC1CCCCCC1)NCc1ncccc1C. The molecular formula is C18H30N4O. The first kappa shape index (κ1) is 17.7. The lowest BCUT2D eigenvalue weighted by Gasteiger charge is -2.17. The molecule has 0 aromatic carbocycles. The van der Waals surface area contributed by atoms with Crippen molar-refractivity contribution in [3.05, 3.63) is 29.6 Å². The normalized spacial score (nSPS) is 16.9. The quantitative estimate of drug-likeness (QED) is 0.366. The summed E-state index contributed by atoms with van der Waals surface area (Å²) in [5, 5.41) is 6.60. The van der Waals surface area contributed by atoms with Crippen molar-refractivity contribution in [3.63, 3.8) is 0 Å². The molecule has 0 unspecified atom stereocenters. The first-order chi connectivity index (χ1) is 11.3. The lowest BCUT2D eigenvalue weighted by molar-refractivity contribution is 0.0468. The van der Waals surface area contributed by atoms with Gasteiger partial charge in [-0.25, -0.2) is 0 Å². The molecular weight excluding hydrogens is 288 g/mol. The van der Waals surface area contributed by atoms with Gasteiger partial charge < -0.3 is 15.4 Å². The second kappa shape index (κ2) is 10.2. The van der Waals surface area contributed by atoms with E-state index in [2.05, 4.69) is 33.6 Å². The van der Waals surface area contributed by atoms with E-state index in [-0.39, 0.29) is 0 Å². The van der Waals surface area contributed by atoms with E-state index in [0.29, 0.717) is 12.6 Å². The molecule has 0 aliphatic heterocycles. The zero-order valence-corrected chi connectivity index (χ0v) is 14.5. The van der Waals surface area contributed by atoms with Gasteiger partial charge in [-0.2, -0.15) is 0 Å². The molecule has 0 atom stereocenters. The molecule has 23 heavy (non-hydrogen) atoms. The average molecular weight is 318 g/mol. The van der Waals surface area contributed by atoms with Crippen molar-refractivity contribution in [3.8, 4) is 0 Å². The van der Waals surface area contributed by atoms with Crippen LogP contribution in [0.1, 0.15) is 49.8 Å². The monoisotopic (exact) mass is 318 g/mol. The number of hydrogen-bond donors (Lipinski definition) is 2. The zero-order valence-electron chi connectivity index (χ0n) is 14.5. The minimum absolute atomic E-state index is 0.449. The third-order valence-electron chi connectivity index (χ3n) is 4.32. The van der Waals surface area contributed by atoms with Crippen LogP contribution in [-0.4, -0.2) is 37.2 Å². The smallest absolute Gasteiger partial charge is 0.191 e. The Bertz CT molecular complexity index is 482. The molecule has 1 saturated carbocycles. The molecule has 0 bridgehead atoms. The molecule has 0 spiro atoms. The minimum atomic E-state index is 0.449. The van der Waals surface area contributed by atoms with Gasteiger partial charge in [0.05, 0.1) is 24.9 Å². The van der Waals surface area contributed by atoms with Crippen LogP contribution in [0.15, 0.2) is 23.3 Å². The van der Waals surface area contributed by atoms with Crippen LogP contribution in [0.3, 0.4) is 0 Å². The van der Waals surface area contributed by atoms with Gasteiger partial charge in [0.15, 0.2) is 5.96 Å². The van der Waals surface area contributed by atoms with Gasteiger partial charge >= 0.3 is 0 Å². The highest BCUT2D eigenvalue weighted by Gasteiger charge is 2.12. The number of pyridine rings is 1. The molecule has 2 N–H and O–H groups in total. The molecule has 0 amide bonds. The fourth-order valence-electron chi connectivity index (χ4n) is 2.90. The molecule has 2 rings (SSSR count). The largest absolute Gasteiger partial charge is 0.376 e. The number of aliphatic imine (C=N–C) groups is 1. The summed E-state index contributed by atoms with van der Waals surface area (Å²) in [5.74, 6) is 0.791. The van der Waals surface area contributed by atoms with E-state index >= 15 is 0 Å². The summed E-state index contributed by atoms with van der Waals surface area (Å²) in [4.78, 5) is 8.62. The first-order valence-electron chi connectivity index (χ1n) is 8.76. The van der Waals surface area contributed by atoms with Crippen LogP contribution in [0.25, 0.3) is 0 Å². The van der Waals surface area contributed by atoms with Crippen LogP contribution in [0.5, 0.6) is 0 Å². The first-order valence-corrected chi connectivity index (χ1v) is 8.76. The van der Waals surface area contributed by atoms with Gasteiger partial charge in [0.25, 0.3) is 0 Å². The molecule has 1 heterocycles. The van der Waals surface area contributed by atoms with Gasteiger partial charge in [-0.15, -0.1) is 0 Å². The summed E-state index contributed by atoms with van der Waals surface area (Å²) >= 11 is 0. The number of nitrogens with one attached hydrogen (secondary N) is 2. The van der Waals surface area contributed by atoms with Crippen LogP contribution in [0.2, 0.25) is 0 Å². The summed E-state index contributed by atoms with van der Waals surface area (Å²) in [7, 11) is 1.78. The Hall–Kier alpha value is -1.62. The summed E-state index contributed by atoms with van der Waals surface area (Å²) in [5.41, 5.74) is 2.23. The maximum Gasteiger partial charge on any atom is 0.191 e. The van der Waals surface area contributed by atoms with E-state index in [1.165, 1.54) is 44.1 Å². The van der Waals surface area contributed by atoms with Crippen LogP contribution in [0.4, 0.5) is 0 Å². The number of ether oxygens (including phenoxy) is 1. The maximum absolute atomic E-state index is 5.98. The van der Waals surface area contributed by atoms with Crippen molar-refractivity contribution in [2.24, 2.45) is 4.99 Å². The molecule has 128 valence electrons. The number of aryl methyl sites for hydroxylation is 1. The van der Waals surface area contributed by atoms with Crippen molar-refractivity contribution in [1.82, 2.24) is 15.6 Å². The van der Waals surface area contributed by atoms with Gasteiger partial charge in [-0.05, 0) is 31.4 Å². The van der Waals surface area contributed by atoms with E-state index < -0.39 is 0 Å². The summed E-state index contributed by atoms with van der Waals surface area (Å²) in [6.07, 6.45) is 10.0. The van der Waals surface area contributed by atoms with E-state index in [1.807, 2.05) is 12.3 Å².